The van der Waals surface area contributed by atoms with Crippen LogP contribution >= 0.6 is 0 Å². The number of anilines is 1. The first-order valence-corrected chi connectivity index (χ1v) is 13.7. The smallest absolute Gasteiger partial charge is 0.0463 e. The first kappa shape index (κ1) is 25.4. The van der Waals surface area contributed by atoms with Crippen molar-refractivity contribution >= 4 is 22.7 Å². The predicted octanol–water partition coefficient (Wildman–Crippen LogP) is 9.51. The summed E-state index contributed by atoms with van der Waals surface area (Å²) in [4.78, 5) is 3.49. The molecular formula is C35H42N2. The van der Waals surface area contributed by atoms with Gasteiger partial charge in [0.25, 0.3) is 0 Å². The predicted molar refractivity (Wildman–Crippen MR) is 161 cm³/mol. The van der Waals surface area contributed by atoms with Crippen LogP contribution < -0.4 is 5.32 Å². The number of hydrogen-bond acceptors (Lipinski definition) is 1. The Morgan fingerprint density at radius 1 is 1.05 bits per heavy atom. The Morgan fingerprint density at radius 3 is 2.62 bits per heavy atom. The number of H-pyrrole nitrogens is 1. The summed E-state index contributed by atoms with van der Waals surface area (Å²) in [6.07, 6.45) is 18.2. The van der Waals surface area contributed by atoms with Gasteiger partial charge in [0, 0.05) is 46.6 Å². The van der Waals surface area contributed by atoms with Crippen LogP contribution in [0, 0.1) is 10.8 Å². The average Bonchev–Trinajstić information content (AvgIpc) is 3.53. The largest absolute Gasteiger partial charge is 0.384 e. The van der Waals surface area contributed by atoms with Crippen LogP contribution in [0.25, 0.3) is 17.0 Å². The quantitative estimate of drug-likeness (QED) is 0.317. The molecule has 2 N–H and O–H groups in total. The fourth-order valence-corrected chi connectivity index (χ4v) is 6.28. The van der Waals surface area contributed by atoms with Gasteiger partial charge in [0.1, 0.15) is 0 Å². The zero-order valence-corrected chi connectivity index (χ0v) is 23.2. The summed E-state index contributed by atoms with van der Waals surface area (Å²) in [5, 5.41) is 4.93. The zero-order chi connectivity index (χ0) is 26.4. The number of allylic oxidation sites excluding steroid dienone is 5. The lowest BCUT2D eigenvalue weighted by atomic mass is 9.67. The van der Waals surface area contributed by atoms with Gasteiger partial charge >= 0.3 is 0 Å². The SMILES string of the molecule is C=CC(C)(C)c1c[nH]c2cccc(C=CC3(C)CCC=CC3c3ccc4c(c3)C(C(C)(C)C=C)CN4)c12. The standard InChI is InChI=1S/C35H42N2/c1-8-33(3,4)28-22-36-30-17-16-25(21-26(28)30)27-14-10-11-19-35(27,7)20-18-24-13-12-15-31-32(24)29(23-37-31)34(5,6)9-2/h8-10,12-18,20-21,23,27-28,36-37H,1-2,11,19,22H2,3-7H3. The molecule has 0 saturated carbocycles. The monoisotopic (exact) mass is 490 g/mol. The molecule has 2 aromatic carbocycles. The topological polar surface area (TPSA) is 27.8 Å². The van der Waals surface area contributed by atoms with Crippen LogP contribution in [0.15, 0.2) is 86.1 Å². The van der Waals surface area contributed by atoms with Crippen molar-refractivity contribution in [1.29, 1.82) is 0 Å². The highest BCUT2D eigenvalue weighted by atomic mass is 14.9. The minimum absolute atomic E-state index is 0.0328. The molecule has 2 heteroatoms. The van der Waals surface area contributed by atoms with E-state index in [2.05, 4.69) is 131 Å². The lowest BCUT2D eigenvalue weighted by Gasteiger charge is -2.37. The molecule has 5 rings (SSSR count). The van der Waals surface area contributed by atoms with Gasteiger partial charge < -0.3 is 10.3 Å². The van der Waals surface area contributed by atoms with Crippen molar-refractivity contribution in [3.05, 3.63) is 108 Å². The molecule has 1 aliphatic heterocycles. The second kappa shape index (κ2) is 9.24. The Labute approximate surface area is 223 Å². The van der Waals surface area contributed by atoms with Crippen LogP contribution in [0.1, 0.15) is 81.5 Å². The molecule has 1 aromatic heterocycles. The van der Waals surface area contributed by atoms with Crippen molar-refractivity contribution in [3.8, 4) is 0 Å². The van der Waals surface area contributed by atoms with E-state index in [1.54, 1.807) is 0 Å². The maximum absolute atomic E-state index is 4.13. The molecule has 0 bridgehead atoms. The van der Waals surface area contributed by atoms with E-state index in [4.69, 9.17) is 0 Å². The number of benzene rings is 2. The fraction of sp³-hybridized carbons (Fsp3) is 0.371. The fourth-order valence-electron chi connectivity index (χ4n) is 6.28. The van der Waals surface area contributed by atoms with Gasteiger partial charge in [-0.15, -0.1) is 13.2 Å². The number of aromatic amines is 1. The molecule has 3 unspecified atom stereocenters. The van der Waals surface area contributed by atoms with Gasteiger partial charge in [0.2, 0.25) is 0 Å². The highest BCUT2D eigenvalue weighted by Crippen LogP contribution is 2.49. The minimum atomic E-state index is -0.101. The molecule has 0 spiro atoms. The van der Waals surface area contributed by atoms with E-state index in [9.17, 15) is 0 Å². The lowest BCUT2D eigenvalue weighted by Crippen LogP contribution is -2.25. The summed E-state index contributed by atoms with van der Waals surface area (Å²) in [6, 6.07) is 13.7. The maximum Gasteiger partial charge on any atom is 0.0463 e. The molecule has 0 fully saturated rings. The number of nitrogens with one attached hydrogen (secondary N) is 2. The Balaban J connectivity index is 1.53. The summed E-state index contributed by atoms with van der Waals surface area (Å²) in [5.74, 6) is 0.776. The van der Waals surface area contributed by atoms with E-state index >= 15 is 0 Å². The molecule has 0 amide bonds. The van der Waals surface area contributed by atoms with Crippen LogP contribution in [0.2, 0.25) is 0 Å². The van der Waals surface area contributed by atoms with Gasteiger partial charge in [0.05, 0.1) is 0 Å². The van der Waals surface area contributed by atoms with Crippen molar-refractivity contribution in [3.63, 3.8) is 0 Å². The van der Waals surface area contributed by atoms with Crippen molar-refractivity contribution in [2.24, 2.45) is 10.8 Å². The second-order valence-electron chi connectivity index (χ2n) is 12.5. The highest BCUT2D eigenvalue weighted by Gasteiger charge is 2.37. The maximum atomic E-state index is 4.13. The molecule has 1 aliphatic carbocycles. The van der Waals surface area contributed by atoms with Crippen molar-refractivity contribution in [2.45, 2.75) is 64.7 Å². The highest BCUT2D eigenvalue weighted by molar-refractivity contribution is 5.92. The van der Waals surface area contributed by atoms with Gasteiger partial charge in [0.15, 0.2) is 0 Å². The summed E-state index contributed by atoms with van der Waals surface area (Å²) in [7, 11) is 0. The molecule has 37 heavy (non-hydrogen) atoms. The van der Waals surface area contributed by atoms with Crippen molar-refractivity contribution in [2.75, 3.05) is 11.9 Å². The van der Waals surface area contributed by atoms with Crippen LogP contribution in [-0.4, -0.2) is 11.5 Å². The Morgan fingerprint density at radius 2 is 1.86 bits per heavy atom. The van der Waals surface area contributed by atoms with Gasteiger partial charge in [-0.3, -0.25) is 0 Å². The molecule has 0 radical (unpaired) electrons. The third-order valence-corrected chi connectivity index (χ3v) is 9.21. The zero-order valence-electron chi connectivity index (χ0n) is 23.2. The first-order chi connectivity index (χ1) is 17.6. The molecule has 0 saturated heterocycles. The third kappa shape index (κ3) is 4.41. The van der Waals surface area contributed by atoms with E-state index in [0.717, 1.165) is 19.4 Å². The number of aromatic nitrogens is 1. The van der Waals surface area contributed by atoms with Crippen LogP contribution in [-0.2, 0) is 5.41 Å². The molecule has 3 aromatic rings. The van der Waals surface area contributed by atoms with E-state index in [1.165, 1.54) is 38.8 Å². The lowest BCUT2D eigenvalue weighted by molar-refractivity contribution is 0.340. The van der Waals surface area contributed by atoms with Gasteiger partial charge in [-0.25, -0.2) is 0 Å². The Bertz CT molecular complexity index is 1400. The van der Waals surface area contributed by atoms with Gasteiger partial charge in [-0.1, -0.05) is 95.3 Å². The molecular weight excluding hydrogens is 448 g/mol. The van der Waals surface area contributed by atoms with E-state index in [-0.39, 0.29) is 16.2 Å². The summed E-state index contributed by atoms with van der Waals surface area (Å²) in [5.41, 5.74) is 7.84. The second-order valence-corrected chi connectivity index (χ2v) is 12.5. The van der Waals surface area contributed by atoms with Gasteiger partial charge in [-0.05, 0) is 58.1 Å². The Hall–Kier alpha value is -3.26. The van der Waals surface area contributed by atoms with E-state index in [0.29, 0.717) is 11.8 Å². The minimum Gasteiger partial charge on any atom is -0.384 e. The van der Waals surface area contributed by atoms with Crippen LogP contribution in [0.5, 0.6) is 0 Å². The number of rotatable bonds is 7. The number of hydrogen-bond donors (Lipinski definition) is 2. The first-order valence-electron chi connectivity index (χ1n) is 13.7. The molecule has 3 atom stereocenters. The van der Waals surface area contributed by atoms with Crippen LogP contribution in [0.4, 0.5) is 5.69 Å². The van der Waals surface area contributed by atoms with E-state index < -0.39 is 0 Å². The molecule has 2 aliphatic rings. The Kier molecular flexibility index (Phi) is 6.34. The normalized spacial score (nSPS) is 23.8. The van der Waals surface area contributed by atoms with Crippen LogP contribution in [0.3, 0.4) is 0 Å². The molecule has 2 nitrogen and oxygen atoms in total. The third-order valence-electron chi connectivity index (χ3n) is 9.21. The van der Waals surface area contributed by atoms with Crippen molar-refractivity contribution in [1.82, 2.24) is 4.98 Å². The van der Waals surface area contributed by atoms with E-state index in [1.807, 2.05) is 6.08 Å². The summed E-state index contributed by atoms with van der Waals surface area (Å²) >= 11 is 0. The summed E-state index contributed by atoms with van der Waals surface area (Å²) < 4.78 is 0. The van der Waals surface area contributed by atoms with Crippen molar-refractivity contribution < 1.29 is 0 Å². The van der Waals surface area contributed by atoms with Gasteiger partial charge in [-0.2, -0.15) is 0 Å². The average molecular weight is 491 g/mol. The number of fused-ring (bicyclic) bond motifs is 2. The molecule has 2 heterocycles. The summed E-state index contributed by atoms with van der Waals surface area (Å²) in [6.45, 7) is 20.7. The molecule has 192 valence electrons.